The van der Waals surface area contributed by atoms with E-state index in [2.05, 4.69) is 11.9 Å². The van der Waals surface area contributed by atoms with Gasteiger partial charge in [-0.15, -0.1) is 0 Å². The Kier molecular flexibility index (Phi) is 9.24. The highest BCUT2D eigenvalue weighted by atomic mass is 16.5. The van der Waals surface area contributed by atoms with Crippen molar-refractivity contribution in [1.82, 2.24) is 0 Å². The molecular weight excluding hydrogens is 428 g/mol. The molecule has 3 aromatic rings. The minimum absolute atomic E-state index is 0.0645. The van der Waals surface area contributed by atoms with E-state index in [0.717, 1.165) is 18.6 Å². The van der Waals surface area contributed by atoms with Crippen LogP contribution in [0.5, 0.6) is 17.2 Å². The van der Waals surface area contributed by atoms with Crippen LogP contribution in [-0.2, 0) is 0 Å². The van der Waals surface area contributed by atoms with Gasteiger partial charge in [0.2, 0.25) is 0 Å². The molecule has 34 heavy (non-hydrogen) atoms. The summed E-state index contributed by atoms with van der Waals surface area (Å²) in [6.07, 6.45) is 7.38. The van der Waals surface area contributed by atoms with Gasteiger partial charge in [-0.1, -0.05) is 32.6 Å². The summed E-state index contributed by atoms with van der Waals surface area (Å²) in [4.78, 5) is 16.7. The van der Waals surface area contributed by atoms with E-state index in [1.54, 1.807) is 60.7 Å². The molecule has 0 fully saturated rings. The fourth-order valence-corrected chi connectivity index (χ4v) is 3.21. The lowest BCUT2D eigenvalue weighted by Crippen LogP contribution is -2.08. The molecule has 0 amide bonds. The summed E-state index contributed by atoms with van der Waals surface area (Å²) in [7, 11) is 0. The monoisotopic (exact) mass is 456 g/mol. The van der Waals surface area contributed by atoms with Crippen LogP contribution in [-0.4, -0.2) is 23.9 Å². The van der Waals surface area contributed by atoms with Crippen LogP contribution in [0.15, 0.2) is 71.7 Å². The summed E-state index contributed by atoms with van der Waals surface area (Å²) in [5.41, 5.74) is 2.06. The number of esters is 1. The van der Waals surface area contributed by atoms with Crippen LogP contribution in [0.3, 0.4) is 0 Å². The van der Waals surface area contributed by atoms with Gasteiger partial charge in [-0.2, -0.15) is 5.26 Å². The van der Waals surface area contributed by atoms with Crippen molar-refractivity contribution in [2.45, 2.75) is 39.0 Å². The molecule has 0 radical (unpaired) electrons. The third kappa shape index (κ3) is 7.49. The lowest BCUT2D eigenvalue weighted by atomic mass is 10.2. The number of nitriles is 1. The highest BCUT2D eigenvalue weighted by Gasteiger charge is 2.10. The molecule has 0 aliphatic carbocycles. The zero-order valence-electron chi connectivity index (χ0n) is 19.2. The predicted molar refractivity (Wildman–Crippen MR) is 132 cm³/mol. The molecule has 6 heteroatoms. The number of benzene rings is 3. The number of carbonyl (C=O) groups is 1. The average molecular weight is 457 g/mol. The van der Waals surface area contributed by atoms with Crippen LogP contribution < -0.4 is 9.47 Å². The zero-order valence-corrected chi connectivity index (χ0v) is 19.2. The molecule has 3 rings (SSSR count). The van der Waals surface area contributed by atoms with Crippen molar-refractivity contribution in [3.8, 4) is 23.3 Å². The van der Waals surface area contributed by atoms with Crippen LogP contribution in [0.4, 0.5) is 5.69 Å². The smallest absolute Gasteiger partial charge is 0.343 e. The van der Waals surface area contributed by atoms with E-state index in [9.17, 15) is 9.90 Å². The number of rotatable bonds is 11. The Bertz CT molecular complexity index is 1150. The topological polar surface area (TPSA) is 91.9 Å². The van der Waals surface area contributed by atoms with Crippen LogP contribution >= 0.6 is 0 Å². The van der Waals surface area contributed by atoms with Gasteiger partial charge in [-0.25, -0.2) is 4.79 Å². The molecule has 0 bridgehead atoms. The molecule has 0 aromatic heterocycles. The first kappa shape index (κ1) is 24.5. The predicted octanol–water partition coefficient (Wildman–Crippen LogP) is 6.58. The first-order valence-electron chi connectivity index (χ1n) is 11.4. The summed E-state index contributed by atoms with van der Waals surface area (Å²) in [5, 5.41) is 19.1. The molecule has 0 unspecified atom stereocenters. The van der Waals surface area contributed by atoms with Crippen molar-refractivity contribution < 1.29 is 19.4 Å². The van der Waals surface area contributed by atoms with Crippen molar-refractivity contribution in [1.29, 1.82) is 5.26 Å². The summed E-state index contributed by atoms with van der Waals surface area (Å²) in [5.74, 6) is 0.357. The van der Waals surface area contributed by atoms with Crippen molar-refractivity contribution in [3.63, 3.8) is 0 Å². The largest absolute Gasteiger partial charge is 0.507 e. The Balaban J connectivity index is 1.52. The fourth-order valence-electron chi connectivity index (χ4n) is 3.21. The number of carbonyl (C=O) groups excluding carboxylic acids is 1. The van der Waals surface area contributed by atoms with Gasteiger partial charge < -0.3 is 14.6 Å². The van der Waals surface area contributed by atoms with E-state index in [-0.39, 0.29) is 11.5 Å². The van der Waals surface area contributed by atoms with Crippen molar-refractivity contribution in [2.75, 3.05) is 6.61 Å². The van der Waals surface area contributed by atoms with Gasteiger partial charge >= 0.3 is 5.97 Å². The highest BCUT2D eigenvalue weighted by molar-refractivity contribution is 5.91. The molecule has 6 nitrogen and oxygen atoms in total. The number of phenols is 1. The molecule has 0 heterocycles. The third-order valence-corrected chi connectivity index (χ3v) is 5.17. The van der Waals surface area contributed by atoms with Crippen LogP contribution in [0, 0.1) is 11.3 Å². The SMILES string of the molecule is CCCCCCCOc1ccc(C(=O)Oc2ccc(C=Nc3ccc(C#N)cc3)c(O)c2)cc1. The third-order valence-electron chi connectivity index (χ3n) is 5.17. The molecule has 0 spiro atoms. The lowest BCUT2D eigenvalue weighted by Gasteiger charge is -2.08. The Labute approximate surface area is 200 Å². The van der Waals surface area contributed by atoms with E-state index in [1.807, 2.05) is 6.07 Å². The highest BCUT2D eigenvalue weighted by Crippen LogP contribution is 2.24. The summed E-state index contributed by atoms with van der Waals surface area (Å²) in [6, 6.07) is 20.2. The molecular formula is C28H28N2O4. The maximum Gasteiger partial charge on any atom is 0.343 e. The van der Waals surface area contributed by atoms with Crippen molar-refractivity contribution in [2.24, 2.45) is 4.99 Å². The Hall–Kier alpha value is -4.11. The molecule has 0 saturated heterocycles. The zero-order chi connectivity index (χ0) is 24.2. The first-order valence-corrected chi connectivity index (χ1v) is 11.4. The lowest BCUT2D eigenvalue weighted by molar-refractivity contribution is 0.0734. The van der Waals surface area contributed by atoms with E-state index < -0.39 is 5.97 Å². The fraction of sp³-hybridized carbons (Fsp3) is 0.250. The number of hydrogen-bond donors (Lipinski definition) is 1. The van der Waals surface area contributed by atoms with Gasteiger partial charge in [0.05, 0.1) is 29.5 Å². The molecule has 0 aliphatic rings. The second kappa shape index (κ2) is 12.8. The normalized spacial score (nSPS) is 10.7. The summed E-state index contributed by atoms with van der Waals surface area (Å²) in [6.45, 7) is 2.85. The van der Waals surface area contributed by atoms with E-state index in [1.165, 1.54) is 31.5 Å². The number of unbranched alkanes of at least 4 members (excludes halogenated alkanes) is 4. The molecule has 1 N–H and O–H groups in total. The van der Waals surface area contributed by atoms with Crippen LogP contribution in [0.2, 0.25) is 0 Å². The molecule has 174 valence electrons. The average Bonchev–Trinajstić information content (AvgIpc) is 2.86. The van der Waals surface area contributed by atoms with Gasteiger partial charge in [-0.05, 0) is 67.1 Å². The number of ether oxygens (including phenoxy) is 2. The Morgan fingerprint density at radius 2 is 1.68 bits per heavy atom. The number of aromatic hydroxyl groups is 1. The minimum atomic E-state index is -0.524. The maximum atomic E-state index is 12.5. The second-order valence-electron chi connectivity index (χ2n) is 7.81. The summed E-state index contributed by atoms with van der Waals surface area (Å²) >= 11 is 0. The number of aliphatic imine (C=N–C) groups is 1. The molecule has 0 atom stereocenters. The Morgan fingerprint density at radius 1 is 0.971 bits per heavy atom. The van der Waals surface area contributed by atoms with Gasteiger partial charge in [0.15, 0.2) is 0 Å². The van der Waals surface area contributed by atoms with Crippen LogP contribution in [0.25, 0.3) is 0 Å². The molecule has 3 aromatic carbocycles. The second-order valence-corrected chi connectivity index (χ2v) is 7.81. The quantitative estimate of drug-likeness (QED) is 0.152. The Morgan fingerprint density at radius 3 is 2.35 bits per heavy atom. The van der Waals surface area contributed by atoms with Crippen LogP contribution in [0.1, 0.15) is 60.5 Å². The van der Waals surface area contributed by atoms with E-state index in [0.29, 0.717) is 29.0 Å². The number of phenolic OH excluding ortho intramolecular Hbond substituents is 1. The summed E-state index contributed by atoms with van der Waals surface area (Å²) < 4.78 is 11.1. The minimum Gasteiger partial charge on any atom is -0.507 e. The van der Waals surface area contributed by atoms with Gasteiger partial charge in [0.25, 0.3) is 0 Å². The molecule has 0 saturated carbocycles. The van der Waals surface area contributed by atoms with E-state index >= 15 is 0 Å². The first-order chi connectivity index (χ1) is 16.6. The maximum absolute atomic E-state index is 12.5. The van der Waals surface area contributed by atoms with Crippen molar-refractivity contribution >= 4 is 17.9 Å². The van der Waals surface area contributed by atoms with Gasteiger partial charge in [0.1, 0.15) is 17.2 Å². The van der Waals surface area contributed by atoms with Gasteiger partial charge in [0, 0.05) is 17.8 Å². The standard InChI is InChI=1S/C28H28N2O4/c1-2-3-4-5-6-17-33-25-14-9-22(10-15-25)28(32)34-26-16-11-23(27(31)18-26)20-30-24-12-7-21(19-29)8-13-24/h7-16,18,20,31H,2-6,17H2,1H3. The van der Waals surface area contributed by atoms with E-state index in [4.69, 9.17) is 14.7 Å². The van der Waals surface area contributed by atoms with Gasteiger partial charge in [-0.3, -0.25) is 4.99 Å². The van der Waals surface area contributed by atoms with Crippen molar-refractivity contribution in [3.05, 3.63) is 83.4 Å². The molecule has 0 aliphatic heterocycles. The number of hydrogen-bond acceptors (Lipinski definition) is 6. The number of nitrogens with zero attached hydrogens (tertiary/aromatic N) is 2.